The van der Waals surface area contributed by atoms with Crippen molar-refractivity contribution in [2.45, 2.75) is 29.4 Å². The van der Waals surface area contributed by atoms with Crippen molar-refractivity contribution in [3.05, 3.63) is 29.8 Å². The summed E-state index contributed by atoms with van der Waals surface area (Å²) in [6, 6.07) is 6.99. The monoisotopic (exact) mass is 319 g/mol. The largest absolute Gasteiger partial charge is 0.243 e. The molecule has 19 heavy (non-hydrogen) atoms. The van der Waals surface area contributed by atoms with Gasteiger partial charge < -0.3 is 0 Å². The van der Waals surface area contributed by atoms with Crippen molar-refractivity contribution in [2.24, 2.45) is 0 Å². The first-order chi connectivity index (χ1) is 9.09. The Morgan fingerprint density at radius 2 is 2.16 bits per heavy atom. The third-order valence-electron chi connectivity index (χ3n) is 3.29. The van der Waals surface area contributed by atoms with Crippen LogP contribution in [0, 0.1) is 0 Å². The molecule has 0 bridgehead atoms. The molecule has 0 amide bonds. The fraction of sp³-hybridized carbons (Fsp3) is 0.538. The van der Waals surface area contributed by atoms with Crippen molar-refractivity contribution in [3.63, 3.8) is 0 Å². The van der Waals surface area contributed by atoms with E-state index >= 15 is 0 Å². The smallest absolute Gasteiger partial charge is 0.207 e. The Hall–Kier alpha value is -0.230. The van der Waals surface area contributed by atoms with E-state index in [0.29, 0.717) is 28.8 Å². The van der Waals surface area contributed by atoms with Crippen LogP contribution in [-0.2, 0) is 15.9 Å². The molecule has 2 rings (SSSR count). The molecule has 0 N–H and O–H groups in total. The molecule has 0 saturated carbocycles. The highest BCUT2D eigenvalue weighted by Crippen LogP contribution is 2.28. The number of halogens is 1. The molecule has 0 radical (unpaired) electrons. The van der Waals surface area contributed by atoms with E-state index in [1.807, 2.05) is 17.8 Å². The van der Waals surface area contributed by atoms with Gasteiger partial charge in [0.15, 0.2) is 0 Å². The first-order valence-corrected chi connectivity index (χ1v) is 9.37. The number of rotatable bonds is 4. The minimum Gasteiger partial charge on any atom is -0.207 e. The van der Waals surface area contributed by atoms with Gasteiger partial charge in [-0.1, -0.05) is 25.1 Å². The van der Waals surface area contributed by atoms with Gasteiger partial charge in [-0.2, -0.15) is 16.1 Å². The van der Waals surface area contributed by atoms with Gasteiger partial charge in [-0.25, -0.2) is 8.42 Å². The van der Waals surface area contributed by atoms with Gasteiger partial charge in [-0.05, 0) is 18.1 Å². The number of sulfonamides is 1. The summed E-state index contributed by atoms with van der Waals surface area (Å²) in [5.74, 6) is 1.08. The van der Waals surface area contributed by atoms with Gasteiger partial charge in [0.2, 0.25) is 10.0 Å². The average molecular weight is 320 g/mol. The molecule has 1 fully saturated rings. The highest BCUT2D eigenvalue weighted by Gasteiger charge is 2.31. The molecule has 1 aromatic rings. The van der Waals surface area contributed by atoms with Crippen LogP contribution in [0.2, 0.25) is 0 Å². The molecule has 6 heteroatoms. The van der Waals surface area contributed by atoms with Crippen LogP contribution in [0.5, 0.6) is 0 Å². The second-order valence-corrected chi connectivity index (χ2v) is 8.09. The van der Waals surface area contributed by atoms with Crippen LogP contribution in [0.4, 0.5) is 0 Å². The maximum Gasteiger partial charge on any atom is 0.243 e. The van der Waals surface area contributed by atoms with Crippen molar-refractivity contribution in [1.29, 1.82) is 0 Å². The van der Waals surface area contributed by atoms with Gasteiger partial charge in [0, 0.05) is 30.0 Å². The minimum absolute atomic E-state index is 0.217. The SMILES string of the molecule is CCC1CN(S(=O)(=O)c2ccccc2CCl)CCS1. The van der Waals surface area contributed by atoms with Gasteiger partial charge in [-0.3, -0.25) is 0 Å². The van der Waals surface area contributed by atoms with Crippen molar-refractivity contribution < 1.29 is 8.42 Å². The van der Waals surface area contributed by atoms with E-state index in [4.69, 9.17) is 11.6 Å². The Morgan fingerprint density at radius 3 is 2.84 bits per heavy atom. The van der Waals surface area contributed by atoms with E-state index in [1.54, 1.807) is 22.5 Å². The first kappa shape index (κ1) is 15.2. The standard InChI is InChI=1S/C13H18ClNO2S2/c1-2-12-10-15(7-8-18-12)19(16,17)13-6-4-3-5-11(13)9-14/h3-6,12H,2,7-10H2,1H3. The second kappa shape index (κ2) is 6.48. The highest BCUT2D eigenvalue weighted by atomic mass is 35.5. The fourth-order valence-corrected chi connectivity index (χ4v) is 5.57. The normalized spacial score (nSPS) is 21.5. The lowest BCUT2D eigenvalue weighted by Gasteiger charge is -2.31. The Balaban J connectivity index is 2.31. The van der Waals surface area contributed by atoms with Gasteiger partial charge in [-0.15, -0.1) is 11.6 Å². The zero-order chi connectivity index (χ0) is 13.9. The molecule has 0 spiro atoms. The van der Waals surface area contributed by atoms with Gasteiger partial charge >= 0.3 is 0 Å². The van der Waals surface area contributed by atoms with Crippen LogP contribution in [0.3, 0.4) is 0 Å². The molecular formula is C13H18ClNO2S2. The third kappa shape index (κ3) is 3.27. The van der Waals surface area contributed by atoms with Crippen molar-refractivity contribution >= 4 is 33.4 Å². The predicted octanol–water partition coefficient (Wildman–Crippen LogP) is 2.94. The third-order valence-corrected chi connectivity index (χ3v) is 6.92. The number of nitrogens with zero attached hydrogens (tertiary/aromatic N) is 1. The highest BCUT2D eigenvalue weighted by molar-refractivity contribution is 8.00. The van der Waals surface area contributed by atoms with Crippen LogP contribution < -0.4 is 0 Å². The summed E-state index contributed by atoms with van der Waals surface area (Å²) < 4.78 is 27.0. The molecule has 0 aliphatic carbocycles. The lowest BCUT2D eigenvalue weighted by Crippen LogP contribution is -2.41. The van der Waals surface area contributed by atoms with E-state index in [0.717, 1.165) is 12.2 Å². The summed E-state index contributed by atoms with van der Waals surface area (Å²) in [7, 11) is -3.41. The average Bonchev–Trinajstić information content (AvgIpc) is 2.47. The molecule has 1 aliphatic heterocycles. The molecular weight excluding hydrogens is 302 g/mol. The molecule has 1 aromatic carbocycles. The number of hydrogen-bond donors (Lipinski definition) is 0. The Morgan fingerprint density at radius 1 is 1.42 bits per heavy atom. The molecule has 1 atom stereocenters. The molecule has 1 unspecified atom stereocenters. The van der Waals surface area contributed by atoms with Crippen molar-refractivity contribution in [2.75, 3.05) is 18.8 Å². The summed E-state index contributed by atoms with van der Waals surface area (Å²) in [5.41, 5.74) is 0.676. The Kier molecular flexibility index (Phi) is 5.17. The summed E-state index contributed by atoms with van der Waals surface area (Å²) in [6.07, 6.45) is 0.994. The van der Waals surface area contributed by atoms with Crippen molar-refractivity contribution in [1.82, 2.24) is 4.31 Å². The Bertz CT molecular complexity index is 533. The van der Waals surface area contributed by atoms with E-state index in [-0.39, 0.29) is 5.88 Å². The summed E-state index contributed by atoms with van der Waals surface area (Å²) in [4.78, 5) is 0.353. The van der Waals surface area contributed by atoms with E-state index in [9.17, 15) is 8.42 Å². The molecule has 0 aromatic heterocycles. The second-order valence-electron chi connectivity index (χ2n) is 4.51. The number of hydrogen-bond acceptors (Lipinski definition) is 3. The maximum atomic E-state index is 12.7. The van der Waals surface area contributed by atoms with Crippen LogP contribution in [0.1, 0.15) is 18.9 Å². The van der Waals surface area contributed by atoms with Gasteiger partial charge in [0.1, 0.15) is 0 Å². The zero-order valence-corrected chi connectivity index (χ0v) is 13.3. The molecule has 106 valence electrons. The van der Waals surface area contributed by atoms with Crippen LogP contribution in [0.15, 0.2) is 29.2 Å². The van der Waals surface area contributed by atoms with E-state index < -0.39 is 10.0 Å². The number of alkyl halides is 1. The number of thioether (sulfide) groups is 1. The lowest BCUT2D eigenvalue weighted by molar-refractivity contribution is 0.415. The van der Waals surface area contributed by atoms with Crippen LogP contribution in [0.25, 0.3) is 0 Å². The van der Waals surface area contributed by atoms with Crippen LogP contribution in [-0.4, -0.2) is 36.8 Å². The lowest BCUT2D eigenvalue weighted by atomic mass is 10.2. The summed E-state index contributed by atoms with van der Waals surface area (Å²) in [6.45, 7) is 3.28. The molecule has 1 saturated heterocycles. The van der Waals surface area contributed by atoms with E-state index in [1.165, 1.54) is 0 Å². The summed E-state index contributed by atoms with van der Waals surface area (Å²) >= 11 is 7.70. The van der Waals surface area contributed by atoms with Gasteiger partial charge in [0.25, 0.3) is 0 Å². The number of benzene rings is 1. The van der Waals surface area contributed by atoms with E-state index in [2.05, 4.69) is 6.92 Å². The van der Waals surface area contributed by atoms with Gasteiger partial charge in [0.05, 0.1) is 4.90 Å². The zero-order valence-electron chi connectivity index (χ0n) is 10.9. The summed E-state index contributed by atoms with van der Waals surface area (Å²) in [5, 5.41) is 0.395. The minimum atomic E-state index is -3.41. The predicted molar refractivity (Wildman–Crippen MR) is 81.3 cm³/mol. The quantitative estimate of drug-likeness (QED) is 0.801. The molecule has 1 aliphatic rings. The Labute approximate surface area is 124 Å². The topological polar surface area (TPSA) is 37.4 Å². The molecule has 3 nitrogen and oxygen atoms in total. The van der Waals surface area contributed by atoms with Crippen molar-refractivity contribution in [3.8, 4) is 0 Å². The fourth-order valence-electron chi connectivity index (χ4n) is 2.16. The molecule has 1 heterocycles. The van der Waals surface area contributed by atoms with Crippen LogP contribution >= 0.6 is 23.4 Å². The first-order valence-electron chi connectivity index (χ1n) is 6.35. The maximum absolute atomic E-state index is 12.7.